The Morgan fingerprint density at radius 1 is 1.48 bits per heavy atom. The SMILES string of the molecule is CCCN(Cc1cc(F)cc([N+](=O)[O-])c1)C1CCCNC1. The van der Waals surface area contributed by atoms with E-state index in [1.54, 1.807) is 0 Å². The van der Waals surface area contributed by atoms with Crippen molar-refractivity contribution in [2.75, 3.05) is 19.6 Å². The molecule has 1 fully saturated rings. The Labute approximate surface area is 124 Å². The summed E-state index contributed by atoms with van der Waals surface area (Å²) in [7, 11) is 0. The Morgan fingerprint density at radius 3 is 2.90 bits per heavy atom. The van der Waals surface area contributed by atoms with E-state index in [1.807, 2.05) is 0 Å². The van der Waals surface area contributed by atoms with E-state index in [9.17, 15) is 14.5 Å². The van der Waals surface area contributed by atoms with E-state index in [-0.39, 0.29) is 5.69 Å². The van der Waals surface area contributed by atoms with Crippen LogP contribution in [0.5, 0.6) is 0 Å². The molecule has 1 aromatic carbocycles. The highest BCUT2D eigenvalue weighted by Gasteiger charge is 2.21. The first kappa shape index (κ1) is 15.9. The van der Waals surface area contributed by atoms with Crippen molar-refractivity contribution in [3.05, 3.63) is 39.7 Å². The number of nitrogens with zero attached hydrogens (tertiary/aromatic N) is 2. The molecule has 0 aliphatic carbocycles. The van der Waals surface area contributed by atoms with Gasteiger partial charge in [-0.3, -0.25) is 15.0 Å². The zero-order valence-corrected chi connectivity index (χ0v) is 12.3. The van der Waals surface area contributed by atoms with E-state index in [4.69, 9.17) is 0 Å². The van der Waals surface area contributed by atoms with Crippen molar-refractivity contribution in [3.63, 3.8) is 0 Å². The van der Waals surface area contributed by atoms with Crippen molar-refractivity contribution >= 4 is 5.69 Å². The number of hydrogen-bond acceptors (Lipinski definition) is 4. The minimum Gasteiger partial charge on any atom is -0.315 e. The number of hydrogen-bond donors (Lipinski definition) is 1. The minimum atomic E-state index is -0.544. The van der Waals surface area contributed by atoms with E-state index >= 15 is 0 Å². The van der Waals surface area contributed by atoms with Crippen LogP contribution in [0, 0.1) is 15.9 Å². The number of benzene rings is 1. The maximum Gasteiger partial charge on any atom is 0.272 e. The van der Waals surface area contributed by atoms with Gasteiger partial charge in [0.25, 0.3) is 5.69 Å². The number of nitro benzene ring substituents is 1. The van der Waals surface area contributed by atoms with Crippen molar-refractivity contribution in [1.82, 2.24) is 10.2 Å². The van der Waals surface area contributed by atoms with E-state index in [2.05, 4.69) is 17.1 Å². The Morgan fingerprint density at radius 2 is 2.29 bits per heavy atom. The smallest absolute Gasteiger partial charge is 0.272 e. The molecule has 1 heterocycles. The van der Waals surface area contributed by atoms with Gasteiger partial charge in [0.15, 0.2) is 0 Å². The predicted octanol–water partition coefficient (Wildman–Crippen LogP) is 2.70. The van der Waals surface area contributed by atoms with Crippen LogP contribution >= 0.6 is 0 Å². The second-order valence-corrected chi connectivity index (χ2v) is 5.55. The van der Waals surface area contributed by atoms with Crippen LogP contribution in [0.3, 0.4) is 0 Å². The van der Waals surface area contributed by atoms with Gasteiger partial charge in [-0.1, -0.05) is 6.92 Å². The third-order valence-electron chi connectivity index (χ3n) is 3.84. The topological polar surface area (TPSA) is 58.4 Å². The molecule has 0 radical (unpaired) electrons. The molecule has 0 aromatic heterocycles. The van der Waals surface area contributed by atoms with Gasteiger partial charge in [-0.2, -0.15) is 0 Å². The van der Waals surface area contributed by atoms with Gasteiger partial charge >= 0.3 is 0 Å². The number of halogens is 1. The van der Waals surface area contributed by atoms with Crippen LogP contribution in [0.1, 0.15) is 31.7 Å². The molecule has 1 saturated heterocycles. The zero-order chi connectivity index (χ0) is 15.2. The Bertz CT molecular complexity index is 490. The van der Waals surface area contributed by atoms with Gasteiger partial charge in [-0.05, 0) is 44.0 Å². The molecule has 2 rings (SSSR count). The lowest BCUT2D eigenvalue weighted by Gasteiger charge is -2.34. The van der Waals surface area contributed by atoms with Crippen molar-refractivity contribution in [3.8, 4) is 0 Å². The lowest BCUT2D eigenvalue weighted by molar-refractivity contribution is -0.385. The molecule has 0 amide bonds. The highest BCUT2D eigenvalue weighted by molar-refractivity contribution is 5.35. The molecule has 1 atom stereocenters. The molecule has 0 bridgehead atoms. The molecule has 5 nitrogen and oxygen atoms in total. The maximum atomic E-state index is 13.5. The average Bonchev–Trinajstić information content (AvgIpc) is 2.47. The molecule has 0 saturated carbocycles. The summed E-state index contributed by atoms with van der Waals surface area (Å²) in [5.74, 6) is -0.544. The molecule has 1 N–H and O–H groups in total. The van der Waals surface area contributed by atoms with Crippen LogP contribution in [0.15, 0.2) is 18.2 Å². The molecule has 6 heteroatoms. The van der Waals surface area contributed by atoms with Gasteiger partial charge < -0.3 is 5.32 Å². The highest BCUT2D eigenvalue weighted by Crippen LogP contribution is 2.20. The van der Waals surface area contributed by atoms with E-state index in [1.165, 1.54) is 12.1 Å². The summed E-state index contributed by atoms with van der Waals surface area (Å²) >= 11 is 0. The fraction of sp³-hybridized carbons (Fsp3) is 0.600. The fourth-order valence-corrected chi connectivity index (χ4v) is 2.89. The molecule has 21 heavy (non-hydrogen) atoms. The molecular weight excluding hydrogens is 273 g/mol. The zero-order valence-electron chi connectivity index (χ0n) is 12.3. The average molecular weight is 295 g/mol. The van der Waals surface area contributed by atoms with Crippen LogP contribution in [-0.4, -0.2) is 35.5 Å². The highest BCUT2D eigenvalue weighted by atomic mass is 19.1. The second-order valence-electron chi connectivity index (χ2n) is 5.55. The Hall–Kier alpha value is -1.53. The van der Waals surface area contributed by atoms with Gasteiger partial charge in [0, 0.05) is 25.2 Å². The first-order chi connectivity index (χ1) is 10.1. The fourth-order valence-electron chi connectivity index (χ4n) is 2.89. The van der Waals surface area contributed by atoms with E-state index in [0.29, 0.717) is 18.2 Å². The summed E-state index contributed by atoms with van der Waals surface area (Å²) in [5, 5.41) is 14.2. The maximum absolute atomic E-state index is 13.5. The molecule has 1 aliphatic rings. The third kappa shape index (κ3) is 4.47. The van der Waals surface area contributed by atoms with Crippen LogP contribution in [0.25, 0.3) is 0 Å². The number of piperidine rings is 1. The normalized spacial score (nSPS) is 18.9. The lowest BCUT2D eigenvalue weighted by Crippen LogP contribution is -2.45. The standard InChI is InChI=1S/C15H22FN3O2/c1-2-6-18(14-4-3-5-17-10-14)11-12-7-13(16)9-15(8-12)19(20)21/h7-9,14,17H,2-6,10-11H2,1H3. The van der Waals surface area contributed by atoms with Gasteiger partial charge in [-0.25, -0.2) is 4.39 Å². The summed E-state index contributed by atoms with van der Waals surface area (Å²) in [6, 6.07) is 4.25. The lowest BCUT2D eigenvalue weighted by atomic mass is 10.0. The Kier molecular flexibility index (Phi) is 5.64. The van der Waals surface area contributed by atoms with E-state index < -0.39 is 10.7 Å². The van der Waals surface area contributed by atoms with Gasteiger partial charge in [0.2, 0.25) is 0 Å². The number of non-ortho nitro benzene ring substituents is 1. The monoisotopic (exact) mass is 295 g/mol. The first-order valence-electron chi connectivity index (χ1n) is 7.48. The van der Waals surface area contributed by atoms with Crippen molar-refractivity contribution in [2.24, 2.45) is 0 Å². The van der Waals surface area contributed by atoms with Crippen LogP contribution in [0.2, 0.25) is 0 Å². The summed E-state index contributed by atoms with van der Waals surface area (Å²) in [6.07, 6.45) is 3.26. The van der Waals surface area contributed by atoms with Gasteiger partial charge in [0.1, 0.15) is 5.82 Å². The summed E-state index contributed by atoms with van der Waals surface area (Å²) < 4.78 is 13.5. The molecule has 0 spiro atoms. The number of nitrogens with one attached hydrogen (secondary N) is 1. The van der Waals surface area contributed by atoms with Crippen LogP contribution in [-0.2, 0) is 6.54 Å². The minimum absolute atomic E-state index is 0.178. The number of rotatable bonds is 6. The van der Waals surface area contributed by atoms with E-state index in [0.717, 1.165) is 45.0 Å². The third-order valence-corrected chi connectivity index (χ3v) is 3.84. The van der Waals surface area contributed by atoms with Crippen molar-refractivity contribution < 1.29 is 9.31 Å². The van der Waals surface area contributed by atoms with Crippen molar-refractivity contribution in [1.29, 1.82) is 0 Å². The number of nitro groups is 1. The predicted molar refractivity (Wildman–Crippen MR) is 79.6 cm³/mol. The Balaban J connectivity index is 2.13. The summed E-state index contributed by atoms with van der Waals surface area (Å²) in [6.45, 7) is 5.55. The van der Waals surface area contributed by atoms with Crippen LogP contribution in [0.4, 0.5) is 10.1 Å². The summed E-state index contributed by atoms with van der Waals surface area (Å²) in [4.78, 5) is 12.6. The first-order valence-corrected chi connectivity index (χ1v) is 7.48. The van der Waals surface area contributed by atoms with Crippen LogP contribution < -0.4 is 5.32 Å². The molecule has 1 unspecified atom stereocenters. The largest absolute Gasteiger partial charge is 0.315 e. The molecule has 1 aliphatic heterocycles. The second kappa shape index (κ2) is 7.47. The summed E-state index contributed by atoms with van der Waals surface area (Å²) in [5.41, 5.74) is 0.490. The van der Waals surface area contributed by atoms with Gasteiger partial charge in [-0.15, -0.1) is 0 Å². The quantitative estimate of drug-likeness (QED) is 0.647. The molecule has 1 aromatic rings. The van der Waals surface area contributed by atoms with Gasteiger partial charge in [0.05, 0.1) is 11.0 Å². The van der Waals surface area contributed by atoms with Crippen molar-refractivity contribution in [2.45, 2.75) is 38.8 Å². The molecule has 116 valence electrons. The molecular formula is C15H22FN3O2.